The van der Waals surface area contributed by atoms with Gasteiger partial charge in [-0.1, -0.05) is 24.3 Å². The number of nitrogens with one attached hydrogen (secondary N) is 1. The van der Waals surface area contributed by atoms with Gasteiger partial charge in [-0.15, -0.1) is 0 Å². The molecule has 0 saturated carbocycles. The SMILES string of the molecule is Cc1ccccc1CCNC(=O)c1ccc(C(=O)O)o1. The van der Waals surface area contributed by atoms with Crippen LogP contribution in [0.3, 0.4) is 0 Å². The van der Waals surface area contributed by atoms with Crippen molar-refractivity contribution in [2.24, 2.45) is 0 Å². The molecule has 0 saturated heterocycles. The van der Waals surface area contributed by atoms with Crippen molar-refractivity contribution in [1.29, 1.82) is 0 Å². The minimum absolute atomic E-state index is 0.00665. The Hall–Kier alpha value is -2.56. The number of aromatic carboxylic acids is 1. The molecule has 1 aromatic heterocycles. The van der Waals surface area contributed by atoms with Gasteiger partial charge in [0, 0.05) is 6.54 Å². The number of carbonyl (C=O) groups is 2. The Morgan fingerprint density at radius 1 is 1.15 bits per heavy atom. The van der Waals surface area contributed by atoms with Crippen LogP contribution in [0.4, 0.5) is 0 Å². The van der Waals surface area contributed by atoms with Crippen molar-refractivity contribution in [3.05, 3.63) is 59.0 Å². The van der Waals surface area contributed by atoms with Gasteiger partial charge in [0.2, 0.25) is 5.76 Å². The zero-order chi connectivity index (χ0) is 14.5. The molecule has 2 rings (SSSR count). The lowest BCUT2D eigenvalue weighted by molar-refractivity contribution is 0.0659. The molecular formula is C15H15NO4. The van der Waals surface area contributed by atoms with E-state index in [0.717, 1.165) is 0 Å². The van der Waals surface area contributed by atoms with Crippen LogP contribution in [0.15, 0.2) is 40.8 Å². The van der Waals surface area contributed by atoms with Crippen LogP contribution in [0.25, 0.3) is 0 Å². The van der Waals surface area contributed by atoms with Gasteiger partial charge in [0.1, 0.15) is 0 Å². The summed E-state index contributed by atoms with van der Waals surface area (Å²) in [5.74, 6) is -1.84. The van der Waals surface area contributed by atoms with Crippen LogP contribution in [0.5, 0.6) is 0 Å². The standard InChI is InChI=1S/C15H15NO4/c1-10-4-2-3-5-11(10)8-9-16-14(17)12-6-7-13(20-12)15(18)19/h2-7H,8-9H2,1H3,(H,16,17)(H,18,19). The maximum absolute atomic E-state index is 11.8. The van der Waals surface area contributed by atoms with Crippen LogP contribution in [-0.4, -0.2) is 23.5 Å². The molecule has 0 bridgehead atoms. The van der Waals surface area contributed by atoms with Gasteiger partial charge in [0.05, 0.1) is 0 Å². The summed E-state index contributed by atoms with van der Waals surface area (Å²) in [4.78, 5) is 22.4. The van der Waals surface area contributed by atoms with Crippen LogP contribution < -0.4 is 5.32 Å². The van der Waals surface area contributed by atoms with E-state index in [2.05, 4.69) is 5.32 Å². The lowest BCUT2D eigenvalue weighted by atomic mass is 10.1. The predicted octanol–water partition coefficient (Wildman–Crippen LogP) is 2.26. The van der Waals surface area contributed by atoms with Gasteiger partial charge >= 0.3 is 5.97 Å². The van der Waals surface area contributed by atoms with E-state index in [1.165, 1.54) is 23.3 Å². The van der Waals surface area contributed by atoms with Gasteiger partial charge in [0.25, 0.3) is 5.91 Å². The van der Waals surface area contributed by atoms with E-state index in [-0.39, 0.29) is 11.5 Å². The molecule has 1 aromatic carbocycles. The molecule has 0 radical (unpaired) electrons. The van der Waals surface area contributed by atoms with Crippen molar-refractivity contribution in [1.82, 2.24) is 5.32 Å². The third kappa shape index (κ3) is 3.26. The van der Waals surface area contributed by atoms with E-state index in [9.17, 15) is 9.59 Å². The lowest BCUT2D eigenvalue weighted by Gasteiger charge is -2.06. The first kappa shape index (κ1) is 13.9. The zero-order valence-corrected chi connectivity index (χ0v) is 11.1. The number of benzene rings is 1. The number of rotatable bonds is 5. The number of hydrogen-bond acceptors (Lipinski definition) is 3. The Kier molecular flexibility index (Phi) is 4.20. The second-order valence-corrected chi connectivity index (χ2v) is 4.40. The molecule has 5 heteroatoms. The molecule has 5 nitrogen and oxygen atoms in total. The van der Waals surface area contributed by atoms with Gasteiger partial charge in [0.15, 0.2) is 5.76 Å². The van der Waals surface area contributed by atoms with Crippen LogP contribution in [0.2, 0.25) is 0 Å². The first-order chi connectivity index (χ1) is 9.58. The average molecular weight is 273 g/mol. The highest BCUT2D eigenvalue weighted by molar-refractivity contribution is 5.93. The van der Waals surface area contributed by atoms with Crippen LogP contribution in [0.1, 0.15) is 32.2 Å². The molecular weight excluding hydrogens is 258 g/mol. The molecule has 0 unspecified atom stereocenters. The maximum Gasteiger partial charge on any atom is 0.371 e. The maximum atomic E-state index is 11.8. The van der Waals surface area contributed by atoms with Gasteiger partial charge in [-0.05, 0) is 36.6 Å². The third-order valence-corrected chi connectivity index (χ3v) is 2.98. The Balaban J connectivity index is 1.89. The third-order valence-electron chi connectivity index (χ3n) is 2.98. The van der Waals surface area contributed by atoms with Crippen molar-refractivity contribution in [3.8, 4) is 0 Å². The van der Waals surface area contributed by atoms with Crippen molar-refractivity contribution in [3.63, 3.8) is 0 Å². The quantitative estimate of drug-likeness (QED) is 0.875. The van der Waals surface area contributed by atoms with E-state index in [1.54, 1.807) is 0 Å². The number of carboxylic acids is 1. The van der Waals surface area contributed by atoms with E-state index in [4.69, 9.17) is 9.52 Å². The van der Waals surface area contributed by atoms with Crippen molar-refractivity contribution >= 4 is 11.9 Å². The van der Waals surface area contributed by atoms with E-state index in [1.807, 2.05) is 31.2 Å². The number of carbonyl (C=O) groups excluding carboxylic acids is 1. The largest absolute Gasteiger partial charge is 0.475 e. The molecule has 0 fully saturated rings. The highest BCUT2D eigenvalue weighted by atomic mass is 16.4. The topological polar surface area (TPSA) is 79.5 Å². The second kappa shape index (κ2) is 6.06. The highest BCUT2D eigenvalue weighted by Crippen LogP contribution is 2.09. The summed E-state index contributed by atoms with van der Waals surface area (Å²) in [6.07, 6.45) is 0.713. The molecule has 1 heterocycles. The van der Waals surface area contributed by atoms with Gasteiger partial charge in [-0.3, -0.25) is 4.79 Å². The Morgan fingerprint density at radius 2 is 1.85 bits per heavy atom. The first-order valence-electron chi connectivity index (χ1n) is 6.24. The molecule has 2 N–H and O–H groups in total. The molecule has 2 aromatic rings. The summed E-state index contributed by atoms with van der Waals surface area (Å²) >= 11 is 0. The summed E-state index contributed by atoms with van der Waals surface area (Å²) < 4.78 is 4.92. The number of aryl methyl sites for hydroxylation is 1. The molecule has 0 spiro atoms. The summed E-state index contributed by atoms with van der Waals surface area (Å²) in [6, 6.07) is 10.6. The smallest absolute Gasteiger partial charge is 0.371 e. The molecule has 0 atom stereocenters. The monoisotopic (exact) mass is 273 g/mol. The molecule has 0 aliphatic heterocycles. The Morgan fingerprint density at radius 3 is 2.50 bits per heavy atom. The Bertz CT molecular complexity index is 630. The van der Waals surface area contributed by atoms with Crippen LogP contribution in [0, 0.1) is 6.92 Å². The van der Waals surface area contributed by atoms with Crippen molar-refractivity contribution < 1.29 is 19.1 Å². The minimum atomic E-state index is -1.19. The van der Waals surface area contributed by atoms with Crippen LogP contribution in [-0.2, 0) is 6.42 Å². The molecule has 0 aliphatic rings. The lowest BCUT2D eigenvalue weighted by Crippen LogP contribution is -2.25. The van der Waals surface area contributed by atoms with Gasteiger partial charge < -0.3 is 14.8 Å². The molecule has 20 heavy (non-hydrogen) atoms. The minimum Gasteiger partial charge on any atom is -0.475 e. The van der Waals surface area contributed by atoms with E-state index in [0.29, 0.717) is 13.0 Å². The normalized spacial score (nSPS) is 10.2. The fraction of sp³-hybridized carbons (Fsp3) is 0.200. The molecule has 0 aliphatic carbocycles. The molecule has 104 valence electrons. The number of hydrogen-bond donors (Lipinski definition) is 2. The fourth-order valence-corrected chi connectivity index (χ4v) is 1.86. The van der Waals surface area contributed by atoms with Gasteiger partial charge in [-0.2, -0.15) is 0 Å². The summed E-state index contributed by atoms with van der Waals surface area (Å²) in [5, 5.41) is 11.4. The first-order valence-corrected chi connectivity index (χ1v) is 6.24. The van der Waals surface area contributed by atoms with Gasteiger partial charge in [-0.25, -0.2) is 4.79 Å². The summed E-state index contributed by atoms with van der Waals surface area (Å²) in [6.45, 7) is 2.48. The summed E-state index contributed by atoms with van der Waals surface area (Å²) in [5.41, 5.74) is 2.34. The predicted molar refractivity (Wildman–Crippen MR) is 72.9 cm³/mol. The Labute approximate surface area is 116 Å². The van der Waals surface area contributed by atoms with Crippen molar-refractivity contribution in [2.75, 3.05) is 6.54 Å². The number of carboxylic acid groups (broad SMARTS) is 1. The fourth-order valence-electron chi connectivity index (χ4n) is 1.86. The number of furan rings is 1. The van der Waals surface area contributed by atoms with E-state index < -0.39 is 11.9 Å². The average Bonchev–Trinajstić information content (AvgIpc) is 2.91. The number of amides is 1. The second-order valence-electron chi connectivity index (χ2n) is 4.40. The van der Waals surface area contributed by atoms with Crippen molar-refractivity contribution in [2.45, 2.75) is 13.3 Å². The highest BCUT2D eigenvalue weighted by Gasteiger charge is 2.14. The summed E-state index contributed by atoms with van der Waals surface area (Å²) in [7, 11) is 0. The molecule has 1 amide bonds. The van der Waals surface area contributed by atoms with E-state index >= 15 is 0 Å². The van der Waals surface area contributed by atoms with Crippen LogP contribution >= 0.6 is 0 Å². The zero-order valence-electron chi connectivity index (χ0n) is 11.1.